The van der Waals surface area contributed by atoms with E-state index in [-0.39, 0.29) is 11.7 Å². The largest absolute Gasteiger partial charge is 0.493 e. The number of unbranched alkanes of at least 4 members (excludes halogenated alkanes) is 2. The van der Waals surface area contributed by atoms with Crippen LogP contribution in [0, 0.1) is 5.82 Å². The number of nitrogens with one attached hydrogen (secondary N) is 1. The highest BCUT2D eigenvalue weighted by atomic mass is 19.1. The van der Waals surface area contributed by atoms with Crippen molar-refractivity contribution in [3.8, 4) is 16.9 Å². The van der Waals surface area contributed by atoms with Crippen LogP contribution >= 0.6 is 0 Å². The number of halogens is 1. The van der Waals surface area contributed by atoms with Crippen molar-refractivity contribution in [2.45, 2.75) is 40.0 Å². The molecule has 0 saturated carbocycles. The second-order valence-electron chi connectivity index (χ2n) is 7.26. The van der Waals surface area contributed by atoms with Gasteiger partial charge in [-0.1, -0.05) is 31.9 Å². The summed E-state index contributed by atoms with van der Waals surface area (Å²) in [7, 11) is 0. The fourth-order valence-corrected chi connectivity index (χ4v) is 3.40. The van der Waals surface area contributed by atoms with Crippen molar-refractivity contribution in [2.75, 3.05) is 13.2 Å². The molecule has 1 heterocycles. The summed E-state index contributed by atoms with van der Waals surface area (Å²) in [5.74, 6) is 0.268. The fraction of sp³-hybridized carbons (Fsp3) is 0.320. The molecular formula is C25H28FNO3. The molecule has 2 aromatic carbocycles. The molecule has 0 spiro atoms. The number of carbonyl (C=O) groups is 1. The Morgan fingerprint density at radius 3 is 2.63 bits per heavy atom. The van der Waals surface area contributed by atoms with Crippen molar-refractivity contribution in [1.82, 2.24) is 5.32 Å². The minimum Gasteiger partial charge on any atom is -0.493 e. The number of hydrogen-bond acceptors (Lipinski definition) is 3. The van der Waals surface area contributed by atoms with Crippen molar-refractivity contribution in [2.24, 2.45) is 0 Å². The summed E-state index contributed by atoms with van der Waals surface area (Å²) in [6.45, 7) is 7.12. The predicted octanol–water partition coefficient (Wildman–Crippen LogP) is 6.35. The number of carbonyl (C=O) groups excluding carboxylic acids is 1. The lowest BCUT2D eigenvalue weighted by atomic mass is 9.99. The minimum absolute atomic E-state index is 0.114. The average molecular weight is 410 g/mol. The van der Waals surface area contributed by atoms with Gasteiger partial charge < -0.3 is 14.5 Å². The third kappa shape index (κ3) is 5.09. The highest BCUT2D eigenvalue weighted by Crippen LogP contribution is 2.37. The molecule has 0 saturated heterocycles. The smallest absolute Gasteiger partial charge is 0.244 e. The molecule has 0 bridgehead atoms. The second kappa shape index (κ2) is 10.1. The zero-order chi connectivity index (χ0) is 21.5. The van der Waals surface area contributed by atoms with Gasteiger partial charge in [0.2, 0.25) is 5.91 Å². The maximum atomic E-state index is 13.3. The Morgan fingerprint density at radius 1 is 1.17 bits per heavy atom. The monoisotopic (exact) mass is 409 g/mol. The summed E-state index contributed by atoms with van der Waals surface area (Å²) in [6.07, 6.45) is 6.45. The van der Waals surface area contributed by atoms with Gasteiger partial charge in [-0.25, -0.2) is 4.39 Å². The van der Waals surface area contributed by atoms with E-state index < -0.39 is 0 Å². The van der Waals surface area contributed by atoms with Crippen molar-refractivity contribution in [3.05, 3.63) is 60.1 Å². The Morgan fingerprint density at radius 2 is 1.93 bits per heavy atom. The maximum absolute atomic E-state index is 13.3. The molecule has 0 fully saturated rings. The van der Waals surface area contributed by atoms with Gasteiger partial charge in [0.15, 0.2) is 0 Å². The number of fused-ring (bicyclic) bond motifs is 1. The summed E-state index contributed by atoms with van der Waals surface area (Å²) in [6, 6.07) is 10.1. The molecule has 0 aliphatic rings. The van der Waals surface area contributed by atoms with Crippen LogP contribution in [-0.4, -0.2) is 19.1 Å². The molecule has 30 heavy (non-hydrogen) atoms. The second-order valence-corrected chi connectivity index (χ2v) is 7.26. The number of ether oxygens (including phenoxy) is 1. The van der Waals surface area contributed by atoms with E-state index >= 15 is 0 Å². The molecule has 0 atom stereocenters. The topological polar surface area (TPSA) is 51.5 Å². The maximum Gasteiger partial charge on any atom is 0.244 e. The molecule has 1 aromatic heterocycles. The van der Waals surface area contributed by atoms with E-state index in [0.717, 1.165) is 46.9 Å². The first-order valence-corrected chi connectivity index (χ1v) is 10.4. The third-order valence-corrected chi connectivity index (χ3v) is 4.98. The minimum atomic E-state index is -0.283. The molecule has 0 unspecified atom stereocenters. The van der Waals surface area contributed by atoms with Crippen LogP contribution in [0.1, 0.15) is 45.6 Å². The Bertz CT molecular complexity index is 1030. The zero-order valence-electron chi connectivity index (χ0n) is 17.8. The molecule has 0 aliphatic carbocycles. The van der Waals surface area contributed by atoms with Crippen LogP contribution < -0.4 is 10.1 Å². The number of amides is 1. The molecule has 4 nitrogen and oxygen atoms in total. The van der Waals surface area contributed by atoms with Gasteiger partial charge in [-0.2, -0.15) is 0 Å². The normalized spacial score (nSPS) is 11.7. The van der Waals surface area contributed by atoms with Crippen LogP contribution in [0.25, 0.3) is 27.7 Å². The van der Waals surface area contributed by atoms with E-state index in [2.05, 4.69) is 12.2 Å². The van der Waals surface area contributed by atoms with Gasteiger partial charge in [-0.15, -0.1) is 0 Å². The van der Waals surface area contributed by atoms with Crippen LogP contribution in [0.15, 0.2) is 53.2 Å². The first kappa shape index (κ1) is 21.6. The Hall–Kier alpha value is -3.08. The molecule has 0 aliphatic heterocycles. The van der Waals surface area contributed by atoms with Gasteiger partial charge in [0.05, 0.1) is 12.9 Å². The predicted molar refractivity (Wildman–Crippen MR) is 119 cm³/mol. The van der Waals surface area contributed by atoms with E-state index in [1.807, 2.05) is 26.0 Å². The van der Waals surface area contributed by atoms with Crippen LogP contribution in [0.4, 0.5) is 4.39 Å². The first-order valence-electron chi connectivity index (χ1n) is 10.4. The summed E-state index contributed by atoms with van der Waals surface area (Å²) < 4.78 is 24.9. The van der Waals surface area contributed by atoms with Crippen LogP contribution in [-0.2, 0) is 4.79 Å². The lowest BCUT2D eigenvalue weighted by Gasteiger charge is -2.12. The summed E-state index contributed by atoms with van der Waals surface area (Å²) in [5, 5.41) is 3.82. The Labute approximate surface area is 176 Å². The van der Waals surface area contributed by atoms with Gasteiger partial charge in [0.1, 0.15) is 17.1 Å². The molecule has 0 radical (unpaired) electrons. The number of furan rings is 1. The highest BCUT2D eigenvalue weighted by Gasteiger charge is 2.15. The standard InChI is InChI=1S/C25H28FNO3/c1-4-6-7-12-27-25(28)13-17(3)20-14-21-22(18-8-10-19(26)11-9-18)16-30-24(21)15-23(20)29-5-2/h8-11,13-16H,4-7,12H2,1-3H3,(H,27,28)/b17-13+. The van der Waals surface area contributed by atoms with Gasteiger partial charge in [0, 0.05) is 35.2 Å². The summed E-state index contributed by atoms with van der Waals surface area (Å²) in [5.41, 5.74) is 4.04. The van der Waals surface area contributed by atoms with Gasteiger partial charge in [-0.05, 0) is 49.6 Å². The summed E-state index contributed by atoms with van der Waals surface area (Å²) in [4.78, 5) is 12.3. The van der Waals surface area contributed by atoms with E-state index in [0.29, 0.717) is 24.5 Å². The molecule has 5 heteroatoms. The van der Waals surface area contributed by atoms with Gasteiger partial charge >= 0.3 is 0 Å². The van der Waals surface area contributed by atoms with Crippen LogP contribution in [0.5, 0.6) is 5.75 Å². The van der Waals surface area contributed by atoms with Crippen molar-refractivity contribution in [1.29, 1.82) is 0 Å². The number of allylic oxidation sites excluding steroid dienone is 1. The van der Waals surface area contributed by atoms with Crippen molar-refractivity contribution < 1.29 is 18.3 Å². The van der Waals surface area contributed by atoms with Crippen LogP contribution in [0.2, 0.25) is 0 Å². The van der Waals surface area contributed by atoms with Crippen molar-refractivity contribution >= 4 is 22.4 Å². The Kier molecular flexibility index (Phi) is 7.28. The molecule has 3 rings (SSSR count). The molecule has 3 aromatic rings. The van der Waals surface area contributed by atoms with Crippen molar-refractivity contribution in [3.63, 3.8) is 0 Å². The number of benzene rings is 2. The highest BCUT2D eigenvalue weighted by molar-refractivity contribution is 6.00. The molecule has 158 valence electrons. The quantitative estimate of drug-likeness (QED) is 0.331. The molecule has 1 N–H and O–H groups in total. The first-order chi connectivity index (χ1) is 14.5. The fourth-order valence-electron chi connectivity index (χ4n) is 3.40. The number of hydrogen-bond donors (Lipinski definition) is 1. The Balaban J connectivity index is 1.96. The number of rotatable bonds is 9. The van der Waals surface area contributed by atoms with E-state index in [1.54, 1.807) is 24.5 Å². The van der Waals surface area contributed by atoms with Gasteiger partial charge in [-0.3, -0.25) is 4.79 Å². The third-order valence-electron chi connectivity index (χ3n) is 4.98. The van der Waals surface area contributed by atoms with Gasteiger partial charge in [0.25, 0.3) is 0 Å². The van der Waals surface area contributed by atoms with E-state index in [9.17, 15) is 9.18 Å². The summed E-state index contributed by atoms with van der Waals surface area (Å²) >= 11 is 0. The SMILES string of the molecule is CCCCCNC(=O)/C=C(\C)c1cc2c(-c3ccc(F)cc3)coc2cc1OCC. The zero-order valence-corrected chi connectivity index (χ0v) is 17.8. The lowest BCUT2D eigenvalue weighted by molar-refractivity contribution is -0.116. The molecular weight excluding hydrogens is 381 g/mol. The average Bonchev–Trinajstić information content (AvgIpc) is 3.14. The van der Waals surface area contributed by atoms with Crippen LogP contribution in [0.3, 0.4) is 0 Å². The van der Waals surface area contributed by atoms with E-state index in [4.69, 9.17) is 9.15 Å². The van der Waals surface area contributed by atoms with E-state index in [1.165, 1.54) is 12.1 Å². The molecule has 1 amide bonds. The lowest BCUT2D eigenvalue weighted by Crippen LogP contribution is -2.22.